The Balaban J connectivity index is 1.50. The number of benzene rings is 1. The van der Waals surface area contributed by atoms with Crippen LogP contribution < -0.4 is 10.6 Å². The lowest BCUT2D eigenvalue weighted by molar-refractivity contribution is -0.265. The second-order valence-electron chi connectivity index (χ2n) is 11.2. The molecule has 1 unspecified atom stereocenters. The van der Waals surface area contributed by atoms with Crippen LogP contribution in [0.15, 0.2) is 30.5 Å². The number of rotatable bonds is 11. The quantitative estimate of drug-likeness (QED) is 0.268. The molecule has 2 heterocycles. The highest BCUT2D eigenvalue weighted by molar-refractivity contribution is 5.92. The third kappa shape index (κ3) is 7.21. The molecule has 1 fully saturated rings. The zero-order chi connectivity index (χ0) is 30.2. The number of alkyl halides is 5. The maximum absolute atomic E-state index is 13.5. The number of carbonyl (C=O) groups excluding carboxylic acids is 2. The third-order valence-electron chi connectivity index (χ3n) is 7.02. The maximum atomic E-state index is 13.5. The van der Waals surface area contributed by atoms with Crippen molar-refractivity contribution in [3.63, 3.8) is 0 Å². The zero-order valence-electron chi connectivity index (χ0n) is 23.1. The van der Waals surface area contributed by atoms with Crippen molar-refractivity contribution in [2.75, 3.05) is 6.61 Å². The third-order valence-corrected chi connectivity index (χ3v) is 7.02. The summed E-state index contributed by atoms with van der Waals surface area (Å²) in [7, 11) is 0. The number of nitrogens with zero attached hydrogens (tertiary/aromatic N) is 3. The van der Waals surface area contributed by atoms with Crippen LogP contribution in [0.5, 0.6) is 0 Å². The minimum atomic E-state index is -4.65. The molecule has 0 saturated heterocycles. The number of hydrogen-bond donors (Lipinski definition) is 3. The van der Waals surface area contributed by atoms with E-state index < -0.39 is 36.3 Å². The van der Waals surface area contributed by atoms with E-state index >= 15 is 0 Å². The van der Waals surface area contributed by atoms with Gasteiger partial charge in [-0.05, 0) is 57.4 Å². The van der Waals surface area contributed by atoms with Gasteiger partial charge in [0.1, 0.15) is 17.6 Å². The number of ether oxygens (including phenoxy) is 1. The van der Waals surface area contributed by atoms with E-state index in [0.29, 0.717) is 16.6 Å². The molecule has 9 nitrogen and oxygen atoms in total. The van der Waals surface area contributed by atoms with Crippen molar-refractivity contribution < 1.29 is 36.3 Å². The summed E-state index contributed by atoms with van der Waals surface area (Å²) >= 11 is 0. The summed E-state index contributed by atoms with van der Waals surface area (Å²) in [6.45, 7) is 5.08. The summed E-state index contributed by atoms with van der Waals surface area (Å²) in [4.78, 5) is 32.8. The van der Waals surface area contributed by atoms with E-state index in [1.54, 1.807) is 18.2 Å². The molecule has 1 atom stereocenters. The largest absolute Gasteiger partial charge is 0.416 e. The number of amides is 2. The SMILES string of the molecule is CC(C)n1nccc1C(=O)NC(COC(C)(C)C(F)(F)F)c1nc2ccc(CNC(=O)CC3CC(F)(F)C3)cc2[nH]1. The molecule has 0 radical (unpaired) electrons. The number of halogens is 5. The smallest absolute Gasteiger partial charge is 0.364 e. The fraction of sp³-hybridized carbons (Fsp3) is 0.556. The molecule has 2 aromatic heterocycles. The van der Waals surface area contributed by atoms with Crippen LogP contribution in [-0.4, -0.2) is 55.9 Å². The first kappa shape index (κ1) is 30.4. The van der Waals surface area contributed by atoms with E-state index in [2.05, 4.69) is 25.7 Å². The van der Waals surface area contributed by atoms with Gasteiger partial charge >= 0.3 is 6.18 Å². The van der Waals surface area contributed by atoms with Gasteiger partial charge in [-0.25, -0.2) is 13.8 Å². The average Bonchev–Trinajstić information content (AvgIpc) is 3.50. The molecular weight excluding hydrogens is 551 g/mol. The molecule has 2 amide bonds. The van der Waals surface area contributed by atoms with Gasteiger partial charge < -0.3 is 20.4 Å². The molecule has 3 aromatic rings. The summed E-state index contributed by atoms with van der Waals surface area (Å²) in [5.41, 5.74) is -0.571. The fourth-order valence-electron chi connectivity index (χ4n) is 4.52. The van der Waals surface area contributed by atoms with Gasteiger partial charge in [0.15, 0.2) is 5.60 Å². The van der Waals surface area contributed by atoms with E-state index in [1.807, 2.05) is 13.8 Å². The van der Waals surface area contributed by atoms with Crippen LogP contribution in [0, 0.1) is 5.92 Å². The fourth-order valence-corrected chi connectivity index (χ4v) is 4.52. The van der Waals surface area contributed by atoms with E-state index in [-0.39, 0.29) is 55.2 Å². The number of imidazole rings is 1. The number of fused-ring (bicyclic) bond motifs is 1. The Hall–Kier alpha value is -3.55. The monoisotopic (exact) mass is 584 g/mol. The number of aromatic amines is 1. The normalized spacial score (nSPS) is 16.5. The Labute approximate surface area is 233 Å². The first-order valence-electron chi connectivity index (χ1n) is 13.2. The Kier molecular flexibility index (Phi) is 8.44. The molecule has 41 heavy (non-hydrogen) atoms. The van der Waals surface area contributed by atoms with Crippen LogP contribution >= 0.6 is 0 Å². The highest BCUT2D eigenvalue weighted by Gasteiger charge is 2.49. The highest BCUT2D eigenvalue weighted by Crippen LogP contribution is 2.44. The summed E-state index contributed by atoms with van der Waals surface area (Å²) < 4.78 is 73.2. The van der Waals surface area contributed by atoms with Crippen molar-refractivity contribution >= 4 is 22.8 Å². The van der Waals surface area contributed by atoms with E-state index in [1.165, 1.54) is 16.9 Å². The van der Waals surface area contributed by atoms with Crippen molar-refractivity contribution in [2.24, 2.45) is 5.92 Å². The van der Waals surface area contributed by atoms with E-state index in [0.717, 1.165) is 13.8 Å². The van der Waals surface area contributed by atoms with Crippen LogP contribution in [0.4, 0.5) is 22.0 Å². The molecule has 14 heteroatoms. The van der Waals surface area contributed by atoms with Crippen LogP contribution in [-0.2, 0) is 16.1 Å². The lowest BCUT2D eigenvalue weighted by Crippen LogP contribution is -2.44. The number of carbonyl (C=O) groups is 2. The van der Waals surface area contributed by atoms with Crippen molar-refractivity contribution in [1.82, 2.24) is 30.4 Å². The van der Waals surface area contributed by atoms with Crippen LogP contribution in [0.1, 0.15) is 80.9 Å². The molecule has 1 saturated carbocycles. The Morgan fingerprint density at radius 2 is 1.90 bits per heavy atom. The lowest BCUT2D eigenvalue weighted by atomic mass is 9.79. The second-order valence-corrected chi connectivity index (χ2v) is 11.2. The minimum absolute atomic E-state index is 0.0252. The van der Waals surface area contributed by atoms with Gasteiger partial charge in [0.05, 0.1) is 17.6 Å². The molecule has 4 rings (SSSR count). The first-order chi connectivity index (χ1) is 19.0. The summed E-state index contributed by atoms with van der Waals surface area (Å²) in [5.74, 6) is -3.74. The molecule has 3 N–H and O–H groups in total. The average molecular weight is 585 g/mol. The second kappa shape index (κ2) is 11.4. The number of aromatic nitrogens is 4. The molecule has 224 valence electrons. The predicted octanol–water partition coefficient (Wildman–Crippen LogP) is 5.22. The minimum Gasteiger partial charge on any atom is -0.364 e. The van der Waals surface area contributed by atoms with Crippen LogP contribution in [0.3, 0.4) is 0 Å². The van der Waals surface area contributed by atoms with Gasteiger partial charge in [-0.3, -0.25) is 14.3 Å². The van der Waals surface area contributed by atoms with Crippen LogP contribution in [0.25, 0.3) is 11.0 Å². The van der Waals surface area contributed by atoms with Gasteiger partial charge in [-0.2, -0.15) is 18.3 Å². The van der Waals surface area contributed by atoms with Crippen LogP contribution in [0.2, 0.25) is 0 Å². The van der Waals surface area contributed by atoms with Gasteiger partial charge in [0.2, 0.25) is 11.8 Å². The van der Waals surface area contributed by atoms with Crippen molar-refractivity contribution in [3.8, 4) is 0 Å². The Morgan fingerprint density at radius 3 is 2.54 bits per heavy atom. The van der Waals surface area contributed by atoms with E-state index in [4.69, 9.17) is 4.74 Å². The molecule has 0 aliphatic heterocycles. The molecule has 1 aliphatic rings. The van der Waals surface area contributed by atoms with Gasteiger partial charge in [-0.1, -0.05) is 6.07 Å². The number of H-pyrrole nitrogens is 1. The highest BCUT2D eigenvalue weighted by atomic mass is 19.4. The van der Waals surface area contributed by atoms with Gasteiger partial charge in [-0.15, -0.1) is 0 Å². The first-order valence-corrected chi connectivity index (χ1v) is 13.2. The predicted molar refractivity (Wildman–Crippen MR) is 139 cm³/mol. The molecule has 1 aliphatic carbocycles. The number of hydrogen-bond acceptors (Lipinski definition) is 5. The lowest BCUT2D eigenvalue weighted by Gasteiger charge is -2.34. The molecular formula is C27H33F5N6O3. The maximum Gasteiger partial charge on any atom is 0.416 e. The van der Waals surface area contributed by atoms with E-state index in [9.17, 15) is 31.5 Å². The zero-order valence-corrected chi connectivity index (χ0v) is 23.1. The van der Waals surface area contributed by atoms with Gasteiger partial charge in [0, 0.05) is 38.0 Å². The summed E-state index contributed by atoms with van der Waals surface area (Å²) in [6.07, 6.45) is -3.74. The van der Waals surface area contributed by atoms with Crippen molar-refractivity contribution in [3.05, 3.63) is 47.5 Å². The summed E-state index contributed by atoms with van der Waals surface area (Å²) in [5, 5.41) is 9.55. The standard InChI is InChI=1S/C27H33F5N6O3/c1-15(2)38-21(7-8-34-38)24(40)37-20(14-41-25(3,4)27(30,31)32)23-35-18-6-5-16(9-19(18)36-23)13-33-22(39)10-17-11-26(28,29)12-17/h5-9,15,17,20H,10-14H2,1-4H3,(H,33,39)(H,35,36)(H,37,40). The van der Waals surface area contributed by atoms with Crippen molar-refractivity contribution in [2.45, 2.75) is 83.3 Å². The van der Waals surface area contributed by atoms with Crippen molar-refractivity contribution in [1.29, 1.82) is 0 Å². The summed E-state index contributed by atoms with van der Waals surface area (Å²) in [6, 6.07) is 5.37. The Bertz CT molecular complexity index is 1390. The Morgan fingerprint density at radius 1 is 1.20 bits per heavy atom. The molecule has 1 aromatic carbocycles. The molecule has 0 spiro atoms. The number of nitrogens with one attached hydrogen (secondary N) is 3. The topological polar surface area (TPSA) is 114 Å². The molecule has 0 bridgehead atoms. The van der Waals surface area contributed by atoms with Gasteiger partial charge in [0.25, 0.3) is 5.91 Å².